The molecule has 1 unspecified atom stereocenters. The van der Waals surface area contributed by atoms with Gasteiger partial charge in [-0.3, -0.25) is 4.90 Å². The third-order valence-electron chi connectivity index (χ3n) is 4.68. The van der Waals surface area contributed by atoms with E-state index in [4.69, 9.17) is 5.73 Å². The first-order chi connectivity index (χ1) is 9.05. The Hall–Kier alpha value is -0.930. The topological polar surface area (TPSA) is 29.3 Å². The molecule has 1 aromatic rings. The molecule has 2 nitrogen and oxygen atoms in total. The molecular formula is C16H25FN2. The van der Waals surface area contributed by atoms with E-state index < -0.39 is 0 Å². The maximum Gasteiger partial charge on any atom is 0.127 e. The first-order valence-corrected chi connectivity index (χ1v) is 7.20. The van der Waals surface area contributed by atoms with E-state index in [1.165, 1.54) is 25.3 Å². The summed E-state index contributed by atoms with van der Waals surface area (Å²) in [6, 6.07) is 6.99. The Morgan fingerprint density at radius 1 is 1.37 bits per heavy atom. The van der Waals surface area contributed by atoms with Crippen LogP contribution in [0.3, 0.4) is 0 Å². The molecule has 0 radical (unpaired) electrons. The van der Waals surface area contributed by atoms with E-state index in [1.54, 1.807) is 6.07 Å². The van der Waals surface area contributed by atoms with E-state index in [9.17, 15) is 4.39 Å². The average Bonchev–Trinajstić information content (AvgIpc) is 2.36. The number of nitrogens with zero attached hydrogens (tertiary/aromatic N) is 1. The first-order valence-electron chi connectivity index (χ1n) is 7.20. The molecule has 106 valence electrons. The van der Waals surface area contributed by atoms with Crippen LogP contribution in [0.4, 0.5) is 4.39 Å². The van der Waals surface area contributed by atoms with Crippen LogP contribution >= 0.6 is 0 Å². The van der Waals surface area contributed by atoms with Gasteiger partial charge in [0.2, 0.25) is 0 Å². The molecule has 0 saturated heterocycles. The van der Waals surface area contributed by atoms with E-state index >= 15 is 0 Å². The molecule has 1 aliphatic carbocycles. The molecule has 0 amide bonds. The Kier molecular flexibility index (Phi) is 4.58. The quantitative estimate of drug-likeness (QED) is 0.855. The van der Waals surface area contributed by atoms with Crippen molar-refractivity contribution in [1.29, 1.82) is 0 Å². The van der Waals surface area contributed by atoms with Crippen LogP contribution in [0.5, 0.6) is 0 Å². The summed E-state index contributed by atoms with van der Waals surface area (Å²) in [6.45, 7) is 3.44. The van der Waals surface area contributed by atoms with Crippen molar-refractivity contribution >= 4 is 0 Å². The van der Waals surface area contributed by atoms with Gasteiger partial charge >= 0.3 is 0 Å². The van der Waals surface area contributed by atoms with Gasteiger partial charge in [-0.1, -0.05) is 37.5 Å². The SMILES string of the molecule is CN(Cc1ccccc1F)C(C)(CN)CC1CCC1. The second-order valence-corrected chi connectivity index (χ2v) is 6.15. The van der Waals surface area contributed by atoms with Crippen molar-refractivity contribution in [3.05, 3.63) is 35.6 Å². The second-order valence-electron chi connectivity index (χ2n) is 6.15. The standard InChI is InChI=1S/C16H25FN2/c1-16(12-18,10-13-6-5-7-13)19(2)11-14-8-3-4-9-15(14)17/h3-4,8-9,13H,5-7,10-12,18H2,1-2H3. The van der Waals surface area contributed by atoms with Gasteiger partial charge in [-0.2, -0.15) is 0 Å². The summed E-state index contributed by atoms with van der Waals surface area (Å²) >= 11 is 0. The zero-order valence-electron chi connectivity index (χ0n) is 12.0. The average molecular weight is 264 g/mol. The minimum Gasteiger partial charge on any atom is -0.329 e. The van der Waals surface area contributed by atoms with Crippen LogP contribution < -0.4 is 5.73 Å². The zero-order valence-corrected chi connectivity index (χ0v) is 12.0. The van der Waals surface area contributed by atoms with Crippen molar-refractivity contribution in [2.45, 2.75) is 44.7 Å². The molecule has 1 aromatic carbocycles. The fourth-order valence-electron chi connectivity index (χ4n) is 2.79. The van der Waals surface area contributed by atoms with E-state index in [1.807, 2.05) is 12.1 Å². The minimum atomic E-state index is -0.127. The van der Waals surface area contributed by atoms with Crippen molar-refractivity contribution in [2.75, 3.05) is 13.6 Å². The molecule has 3 heteroatoms. The lowest BCUT2D eigenvalue weighted by molar-refractivity contribution is 0.0847. The van der Waals surface area contributed by atoms with Gasteiger partial charge in [0.1, 0.15) is 5.82 Å². The predicted molar refractivity (Wildman–Crippen MR) is 77.3 cm³/mol. The Labute approximate surface area is 115 Å². The predicted octanol–water partition coefficient (Wildman–Crippen LogP) is 3.17. The molecule has 2 N–H and O–H groups in total. The molecule has 0 heterocycles. The number of hydrogen-bond acceptors (Lipinski definition) is 2. The van der Waals surface area contributed by atoms with Gasteiger partial charge in [-0.25, -0.2) is 4.39 Å². The Bertz CT molecular complexity index is 417. The number of hydrogen-bond donors (Lipinski definition) is 1. The highest BCUT2D eigenvalue weighted by atomic mass is 19.1. The van der Waals surface area contributed by atoms with Crippen molar-refractivity contribution in [1.82, 2.24) is 4.90 Å². The summed E-state index contributed by atoms with van der Waals surface area (Å²) in [6.07, 6.45) is 5.11. The van der Waals surface area contributed by atoms with Crippen LogP contribution in [0, 0.1) is 11.7 Å². The largest absolute Gasteiger partial charge is 0.329 e. The Balaban J connectivity index is 2.03. The Morgan fingerprint density at radius 2 is 2.05 bits per heavy atom. The molecule has 0 bridgehead atoms. The highest BCUT2D eigenvalue weighted by Crippen LogP contribution is 2.35. The molecule has 1 aliphatic rings. The lowest BCUT2D eigenvalue weighted by Gasteiger charge is -2.42. The number of likely N-dealkylation sites (N-methyl/N-ethyl adjacent to an activating group) is 1. The van der Waals surface area contributed by atoms with Crippen LogP contribution in [0.15, 0.2) is 24.3 Å². The fraction of sp³-hybridized carbons (Fsp3) is 0.625. The highest BCUT2D eigenvalue weighted by Gasteiger charge is 2.33. The van der Waals surface area contributed by atoms with Gasteiger partial charge in [0.25, 0.3) is 0 Å². The van der Waals surface area contributed by atoms with Crippen molar-refractivity contribution < 1.29 is 4.39 Å². The summed E-state index contributed by atoms with van der Waals surface area (Å²) in [7, 11) is 2.05. The molecular weight excluding hydrogens is 239 g/mol. The highest BCUT2D eigenvalue weighted by molar-refractivity contribution is 5.17. The molecule has 1 atom stereocenters. The van der Waals surface area contributed by atoms with Crippen LogP contribution in [0.25, 0.3) is 0 Å². The first kappa shape index (κ1) is 14.5. The smallest absolute Gasteiger partial charge is 0.127 e. The van der Waals surface area contributed by atoms with Crippen LogP contribution in [-0.4, -0.2) is 24.0 Å². The van der Waals surface area contributed by atoms with Crippen LogP contribution in [0.1, 0.15) is 38.2 Å². The van der Waals surface area contributed by atoms with Gasteiger partial charge in [-0.15, -0.1) is 0 Å². The van der Waals surface area contributed by atoms with E-state index in [0.29, 0.717) is 13.1 Å². The molecule has 1 saturated carbocycles. The second kappa shape index (κ2) is 6.02. The van der Waals surface area contributed by atoms with Crippen LogP contribution in [0.2, 0.25) is 0 Å². The molecule has 0 aliphatic heterocycles. The Morgan fingerprint density at radius 3 is 2.58 bits per heavy atom. The third kappa shape index (κ3) is 3.34. The minimum absolute atomic E-state index is 0.0344. The lowest BCUT2D eigenvalue weighted by Crippen LogP contribution is -2.51. The zero-order chi connectivity index (χ0) is 13.9. The maximum absolute atomic E-state index is 13.7. The summed E-state index contributed by atoms with van der Waals surface area (Å²) in [4.78, 5) is 2.21. The summed E-state index contributed by atoms with van der Waals surface area (Å²) < 4.78 is 13.7. The normalized spacial score (nSPS) is 19.2. The monoisotopic (exact) mass is 264 g/mol. The summed E-state index contributed by atoms with van der Waals surface area (Å²) in [5.74, 6) is 0.675. The van der Waals surface area contributed by atoms with Crippen LogP contribution in [-0.2, 0) is 6.54 Å². The third-order valence-corrected chi connectivity index (χ3v) is 4.68. The van der Waals surface area contributed by atoms with E-state index in [2.05, 4.69) is 18.9 Å². The lowest BCUT2D eigenvalue weighted by atomic mass is 9.76. The molecule has 0 spiro atoms. The summed E-state index contributed by atoms with van der Waals surface area (Å²) in [5, 5.41) is 0. The number of halogens is 1. The van der Waals surface area contributed by atoms with Gasteiger partial charge in [0.05, 0.1) is 0 Å². The fourth-order valence-corrected chi connectivity index (χ4v) is 2.79. The van der Waals surface area contributed by atoms with Gasteiger partial charge in [0, 0.05) is 24.2 Å². The molecule has 0 aromatic heterocycles. The van der Waals surface area contributed by atoms with E-state index in [-0.39, 0.29) is 11.4 Å². The van der Waals surface area contributed by atoms with Crippen molar-refractivity contribution in [2.24, 2.45) is 11.7 Å². The number of nitrogens with two attached hydrogens (primary N) is 1. The van der Waals surface area contributed by atoms with Gasteiger partial charge in [-0.05, 0) is 32.4 Å². The maximum atomic E-state index is 13.7. The van der Waals surface area contributed by atoms with Crippen molar-refractivity contribution in [3.63, 3.8) is 0 Å². The molecule has 1 fully saturated rings. The molecule has 2 rings (SSSR count). The molecule has 19 heavy (non-hydrogen) atoms. The van der Waals surface area contributed by atoms with E-state index in [0.717, 1.165) is 17.9 Å². The number of rotatable bonds is 6. The van der Waals surface area contributed by atoms with Gasteiger partial charge < -0.3 is 5.73 Å². The van der Waals surface area contributed by atoms with Crippen molar-refractivity contribution in [3.8, 4) is 0 Å². The summed E-state index contributed by atoms with van der Waals surface area (Å²) in [5.41, 5.74) is 6.71. The van der Waals surface area contributed by atoms with Gasteiger partial charge in [0.15, 0.2) is 0 Å². The number of benzene rings is 1.